The van der Waals surface area contributed by atoms with Gasteiger partial charge in [-0.3, -0.25) is 0 Å². The zero-order valence-corrected chi connectivity index (χ0v) is 7.99. The first-order chi connectivity index (χ1) is 4.33. The molecule has 0 aromatic heterocycles. The largest absolute Gasteiger partial charge is 0.109 e. The van der Waals surface area contributed by atoms with Crippen LogP contribution in [0.1, 0.15) is 33.6 Å². The van der Waals surface area contributed by atoms with E-state index in [-0.39, 0.29) is 0 Å². The standard InChI is InChI=1S/C8H18B2/c1-6-4-7(2,9)5-8(6,3)10/h6H,4-5,9-10H2,1-3H3/t6-,7?,8?/m0/s1. The van der Waals surface area contributed by atoms with Gasteiger partial charge in [0.1, 0.15) is 15.7 Å². The Morgan fingerprint density at radius 3 is 1.90 bits per heavy atom. The minimum atomic E-state index is 0.587. The quantitative estimate of drug-likeness (QED) is 0.436. The Hall–Kier alpha value is 0.130. The van der Waals surface area contributed by atoms with Gasteiger partial charge in [-0.05, 0) is 5.92 Å². The normalized spacial score (nSPS) is 55.3. The van der Waals surface area contributed by atoms with E-state index in [9.17, 15) is 0 Å². The summed E-state index contributed by atoms with van der Waals surface area (Å²) >= 11 is 0. The van der Waals surface area contributed by atoms with Gasteiger partial charge in [0.15, 0.2) is 0 Å². The van der Waals surface area contributed by atoms with Crippen molar-refractivity contribution in [1.29, 1.82) is 0 Å². The molecule has 0 aliphatic heterocycles. The molecule has 1 fully saturated rings. The summed E-state index contributed by atoms with van der Waals surface area (Å²) in [6, 6.07) is 0. The molecule has 0 N–H and O–H groups in total. The minimum Gasteiger partial charge on any atom is -0.0669 e. The molecule has 0 amide bonds. The molecule has 0 nitrogen and oxygen atoms in total. The lowest BCUT2D eigenvalue weighted by atomic mass is 9.61. The third-order valence-electron chi connectivity index (χ3n) is 3.13. The maximum absolute atomic E-state index is 2.40. The van der Waals surface area contributed by atoms with Crippen molar-refractivity contribution in [3.8, 4) is 0 Å². The molecule has 0 radical (unpaired) electrons. The monoisotopic (exact) mass is 136 g/mol. The Morgan fingerprint density at radius 2 is 1.80 bits per heavy atom. The molecule has 0 aromatic carbocycles. The third kappa shape index (κ3) is 1.41. The van der Waals surface area contributed by atoms with E-state index in [2.05, 4.69) is 36.5 Å². The molecule has 1 aliphatic carbocycles. The first kappa shape index (κ1) is 8.23. The van der Waals surface area contributed by atoms with E-state index in [0.717, 1.165) is 5.92 Å². The fourth-order valence-corrected chi connectivity index (χ4v) is 2.58. The zero-order chi connectivity index (χ0) is 7.99. The topological polar surface area (TPSA) is 0 Å². The lowest BCUT2D eigenvalue weighted by Crippen LogP contribution is -2.10. The SMILES string of the molecule is BC1(C)C[C@H](C)C(B)(C)C1. The zero-order valence-electron chi connectivity index (χ0n) is 7.99. The molecule has 1 rings (SSSR count). The molecule has 1 aliphatic rings. The van der Waals surface area contributed by atoms with Crippen molar-refractivity contribution in [2.75, 3.05) is 0 Å². The van der Waals surface area contributed by atoms with Crippen molar-refractivity contribution in [3.63, 3.8) is 0 Å². The summed E-state index contributed by atoms with van der Waals surface area (Å²) in [6.45, 7) is 7.17. The van der Waals surface area contributed by atoms with Crippen LogP contribution in [0.15, 0.2) is 0 Å². The van der Waals surface area contributed by atoms with Crippen LogP contribution in [0.3, 0.4) is 0 Å². The van der Waals surface area contributed by atoms with Gasteiger partial charge >= 0.3 is 0 Å². The molecule has 0 spiro atoms. The summed E-state index contributed by atoms with van der Waals surface area (Å²) in [4.78, 5) is 0. The van der Waals surface area contributed by atoms with Crippen LogP contribution >= 0.6 is 0 Å². The molecule has 3 atom stereocenters. The van der Waals surface area contributed by atoms with E-state index in [1.165, 1.54) is 12.8 Å². The van der Waals surface area contributed by atoms with Crippen LogP contribution < -0.4 is 0 Å². The Kier molecular flexibility index (Phi) is 1.69. The van der Waals surface area contributed by atoms with E-state index in [4.69, 9.17) is 0 Å². The second-order valence-electron chi connectivity index (χ2n) is 5.43. The van der Waals surface area contributed by atoms with Crippen LogP contribution in [0.2, 0.25) is 10.6 Å². The van der Waals surface area contributed by atoms with Crippen LogP contribution in [0.5, 0.6) is 0 Å². The van der Waals surface area contributed by atoms with Crippen LogP contribution in [0.25, 0.3) is 0 Å². The van der Waals surface area contributed by atoms with Crippen molar-refractivity contribution in [3.05, 3.63) is 0 Å². The van der Waals surface area contributed by atoms with Gasteiger partial charge in [0.2, 0.25) is 0 Å². The number of hydrogen-bond donors (Lipinski definition) is 0. The third-order valence-corrected chi connectivity index (χ3v) is 3.13. The first-order valence-electron chi connectivity index (χ1n) is 4.33. The smallest absolute Gasteiger partial charge is 0.0669 e. The lowest BCUT2D eigenvalue weighted by Gasteiger charge is -2.24. The maximum atomic E-state index is 2.40. The molecule has 0 saturated heterocycles. The van der Waals surface area contributed by atoms with E-state index >= 15 is 0 Å². The van der Waals surface area contributed by atoms with Crippen molar-refractivity contribution >= 4 is 15.7 Å². The highest BCUT2D eigenvalue weighted by Crippen LogP contribution is 2.57. The number of hydrogen-bond acceptors (Lipinski definition) is 0. The van der Waals surface area contributed by atoms with E-state index in [0.29, 0.717) is 10.6 Å². The summed E-state index contributed by atoms with van der Waals surface area (Å²) in [5.41, 5.74) is 0. The van der Waals surface area contributed by atoms with Crippen molar-refractivity contribution in [2.45, 2.75) is 44.2 Å². The van der Waals surface area contributed by atoms with Gasteiger partial charge in [0, 0.05) is 0 Å². The summed E-state index contributed by atoms with van der Waals surface area (Å²) in [6.07, 6.45) is 2.79. The van der Waals surface area contributed by atoms with Gasteiger partial charge in [-0.25, -0.2) is 0 Å². The molecule has 0 aromatic rings. The van der Waals surface area contributed by atoms with Crippen LogP contribution in [-0.2, 0) is 0 Å². The molecule has 0 bridgehead atoms. The van der Waals surface area contributed by atoms with E-state index < -0.39 is 0 Å². The second kappa shape index (κ2) is 2.06. The first-order valence-corrected chi connectivity index (χ1v) is 4.33. The maximum Gasteiger partial charge on any atom is 0.109 e. The van der Waals surface area contributed by atoms with Gasteiger partial charge in [-0.15, -0.1) is 0 Å². The molecular weight excluding hydrogens is 118 g/mol. The molecule has 10 heavy (non-hydrogen) atoms. The Morgan fingerprint density at radius 1 is 1.30 bits per heavy atom. The van der Waals surface area contributed by atoms with Crippen molar-refractivity contribution in [1.82, 2.24) is 0 Å². The summed E-state index contributed by atoms with van der Waals surface area (Å²) in [5, 5.41) is 1.19. The van der Waals surface area contributed by atoms with E-state index in [1.807, 2.05) is 0 Å². The summed E-state index contributed by atoms with van der Waals surface area (Å²) < 4.78 is 0. The van der Waals surface area contributed by atoms with Crippen LogP contribution in [0.4, 0.5) is 0 Å². The second-order valence-corrected chi connectivity index (χ2v) is 5.43. The Balaban J connectivity index is 2.71. The predicted octanol–water partition coefficient (Wildman–Crippen LogP) is 1.04. The minimum absolute atomic E-state index is 0.587. The predicted molar refractivity (Wildman–Crippen MR) is 52.2 cm³/mol. The van der Waals surface area contributed by atoms with Gasteiger partial charge in [0.05, 0.1) is 0 Å². The highest BCUT2D eigenvalue weighted by atomic mass is 14.4. The Bertz CT molecular complexity index is 138. The Labute approximate surface area is 66.6 Å². The van der Waals surface area contributed by atoms with Gasteiger partial charge < -0.3 is 0 Å². The molecule has 1 saturated carbocycles. The van der Waals surface area contributed by atoms with Gasteiger partial charge in [-0.1, -0.05) is 44.2 Å². The summed E-state index contributed by atoms with van der Waals surface area (Å²) in [5.74, 6) is 0.905. The van der Waals surface area contributed by atoms with Gasteiger partial charge in [0.25, 0.3) is 0 Å². The fraction of sp³-hybridized carbons (Fsp3) is 1.00. The van der Waals surface area contributed by atoms with Crippen LogP contribution in [-0.4, -0.2) is 15.7 Å². The van der Waals surface area contributed by atoms with Crippen LogP contribution in [0, 0.1) is 5.92 Å². The average Bonchev–Trinajstić information content (AvgIpc) is 1.73. The van der Waals surface area contributed by atoms with E-state index in [1.54, 1.807) is 0 Å². The molecule has 56 valence electrons. The fourth-order valence-electron chi connectivity index (χ4n) is 2.58. The highest BCUT2D eigenvalue weighted by molar-refractivity contribution is 6.19. The molecular formula is C8H18B2. The molecule has 2 heteroatoms. The van der Waals surface area contributed by atoms with Crippen molar-refractivity contribution < 1.29 is 0 Å². The highest BCUT2D eigenvalue weighted by Gasteiger charge is 2.41. The molecule has 2 unspecified atom stereocenters. The average molecular weight is 136 g/mol. The van der Waals surface area contributed by atoms with Crippen molar-refractivity contribution in [2.24, 2.45) is 5.92 Å². The molecule has 0 heterocycles. The number of rotatable bonds is 0. The van der Waals surface area contributed by atoms with Gasteiger partial charge in [-0.2, -0.15) is 0 Å². The lowest BCUT2D eigenvalue weighted by molar-refractivity contribution is 0.480. The summed E-state index contributed by atoms with van der Waals surface area (Å²) in [7, 11) is 4.78.